The minimum Gasteiger partial charge on any atom is -0.468 e. The molecule has 0 heterocycles. The van der Waals surface area contributed by atoms with Crippen LogP contribution in [-0.2, 0) is 14.3 Å². The predicted molar refractivity (Wildman–Crippen MR) is 59.1 cm³/mol. The van der Waals surface area contributed by atoms with E-state index in [-0.39, 0.29) is 18.6 Å². The van der Waals surface area contributed by atoms with Crippen LogP contribution in [0.2, 0.25) is 0 Å². The van der Waals surface area contributed by atoms with Crippen LogP contribution in [0.1, 0.15) is 19.3 Å². The summed E-state index contributed by atoms with van der Waals surface area (Å²) < 4.78 is 9.86. The Morgan fingerprint density at radius 2 is 2.25 bits per heavy atom. The number of carbonyl (C=O) groups excluding carboxylic acids is 1. The molecule has 1 aliphatic carbocycles. The average Bonchev–Trinajstić information content (AvgIpc) is 3.11. The zero-order valence-corrected chi connectivity index (χ0v) is 9.78. The van der Waals surface area contributed by atoms with Crippen molar-refractivity contribution < 1.29 is 19.4 Å². The van der Waals surface area contributed by atoms with Crippen LogP contribution >= 0.6 is 0 Å². The van der Waals surface area contributed by atoms with Crippen LogP contribution in [0.4, 0.5) is 0 Å². The van der Waals surface area contributed by atoms with Crippen molar-refractivity contribution in [1.29, 1.82) is 0 Å². The summed E-state index contributed by atoms with van der Waals surface area (Å²) in [7, 11) is 1.42. The van der Waals surface area contributed by atoms with Gasteiger partial charge in [0, 0.05) is 6.61 Å². The highest BCUT2D eigenvalue weighted by molar-refractivity contribution is 5.76. The van der Waals surface area contributed by atoms with Crippen molar-refractivity contribution in [3.63, 3.8) is 0 Å². The Bertz CT molecular complexity index is 206. The van der Waals surface area contributed by atoms with Gasteiger partial charge in [0.05, 0.1) is 20.3 Å². The summed E-state index contributed by atoms with van der Waals surface area (Å²) in [4.78, 5) is 11.4. The van der Waals surface area contributed by atoms with E-state index in [1.54, 1.807) is 0 Å². The Labute approximate surface area is 96.1 Å². The standard InChI is InChI=1S/C11H21NO4/c1-15-11(14)10(9-3-4-9)12-5-2-7-16-8-6-13/h9-10,12-13H,2-8H2,1H3. The number of hydrogen-bond donors (Lipinski definition) is 2. The van der Waals surface area contributed by atoms with E-state index < -0.39 is 0 Å². The van der Waals surface area contributed by atoms with Crippen molar-refractivity contribution in [2.75, 3.05) is 33.5 Å². The smallest absolute Gasteiger partial charge is 0.323 e. The SMILES string of the molecule is COC(=O)C(NCCCOCCO)C1CC1. The topological polar surface area (TPSA) is 67.8 Å². The fourth-order valence-electron chi connectivity index (χ4n) is 1.60. The van der Waals surface area contributed by atoms with Gasteiger partial charge in [-0.25, -0.2) is 0 Å². The highest BCUT2D eigenvalue weighted by Gasteiger charge is 2.36. The van der Waals surface area contributed by atoms with Gasteiger partial charge < -0.3 is 19.9 Å². The molecule has 0 amide bonds. The molecule has 0 aromatic carbocycles. The van der Waals surface area contributed by atoms with Gasteiger partial charge in [-0.2, -0.15) is 0 Å². The predicted octanol–water partition coefficient (Wildman–Crippen LogP) is -0.0734. The summed E-state index contributed by atoms with van der Waals surface area (Å²) >= 11 is 0. The summed E-state index contributed by atoms with van der Waals surface area (Å²) in [6, 6.07) is -0.150. The number of carbonyl (C=O) groups is 1. The van der Waals surface area contributed by atoms with Gasteiger partial charge in [0.15, 0.2) is 0 Å². The zero-order valence-electron chi connectivity index (χ0n) is 9.78. The molecule has 0 aromatic heterocycles. The van der Waals surface area contributed by atoms with Crippen molar-refractivity contribution in [1.82, 2.24) is 5.32 Å². The summed E-state index contributed by atoms with van der Waals surface area (Å²) in [6.45, 7) is 1.77. The Morgan fingerprint density at radius 1 is 1.50 bits per heavy atom. The first-order chi connectivity index (χ1) is 7.79. The van der Waals surface area contributed by atoms with Gasteiger partial charge in [-0.15, -0.1) is 0 Å². The minimum absolute atomic E-state index is 0.0558. The van der Waals surface area contributed by atoms with E-state index in [1.165, 1.54) is 7.11 Å². The second kappa shape index (κ2) is 7.60. The van der Waals surface area contributed by atoms with Gasteiger partial charge in [-0.3, -0.25) is 4.79 Å². The molecule has 16 heavy (non-hydrogen) atoms. The highest BCUT2D eigenvalue weighted by Crippen LogP contribution is 2.33. The second-order valence-electron chi connectivity index (χ2n) is 3.98. The zero-order chi connectivity index (χ0) is 11.8. The van der Waals surface area contributed by atoms with Crippen molar-refractivity contribution in [3.8, 4) is 0 Å². The average molecular weight is 231 g/mol. The van der Waals surface area contributed by atoms with Crippen molar-refractivity contribution in [2.24, 2.45) is 5.92 Å². The number of nitrogens with one attached hydrogen (secondary N) is 1. The van der Waals surface area contributed by atoms with Crippen LogP contribution in [0.3, 0.4) is 0 Å². The third kappa shape index (κ3) is 4.92. The van der Waals surface area contributed by atoms with Crippen molar-refractivity contribution in [3.05, 3.63) is 0 Å². The van der Waals surface area contributed by atoms with Gasteiger partial charge in [0.25, 0.3) is 0 Å². The van der Waals surface area contributed by atoms with Crippen molar-refractivity contribution in [2.45, 2.75) is 25.3 Å². The molecular weight excluding hydrogens is 210 g/mol. The maximum absolute atomic E-state index is 11.4. The van der Waals surface area contributed by atoms with Crippen molar-refractivity contribution >= 4 is 5.97 Å². The number of hydrogen-bond acceptors (Lipinski definition) is 5. The Balaban J connectivity index is 2.06. The first-order valence-electron chi connectivity index (χ1n) is 5.79. The first-order valence-corrected chi connectivity index (χ1v) is 5.79. The van der Waals surface area contributed by atoms with Crippen LogP contribution in [0.5, 0.6) is 0 Å². The van der Waals surface area contributed by atoms with E-state index in [1.807, 2.05) is 0 Å². The normalized spacial score (nSPS) is 17.1. The fraction of sp³-hybridized carbons (Fsp3) is 0.909. The number of aliphatic hydroxyl groups is 1. The third-order valence-electron chi connectivity index (χ3n) is 2.61. The molecular formula is C11H21NO4. The number of rotatable bonds is 9. The lowest BCUT2D eigenvalue weighted by molar-refractivity contribution is -0.143. The van der Waals surface area contributed by atoms with Crippen LogP contribution in [0, 0.1) is 5.92 Å². The molecule has 1 aliphatic rings. The lowest BCUT2D eigenvalue weighted by atomic mass is 10.2. The molecule has 2 N–H and O–H groups in total. The van der Waals surface area contributed by atoms with E-state index in [4.69, 9.17) is 14.6 Å². The maximum Gasteiger partial charge on any atom is 0.323 e. The summed E-state index contributed by atoms with van der Waals surface area (Å²) in [5.41, 5.74) is 0. The molecule has 94 valence electrons. The van der Waals surface area contributed by atoms with Gasteiger partial charge in [0.1, 0.15) is 6.04 Å². The Morgan fingerprint density at radius 3 is 2.81 bits per heavy atom. The molecule has 1 unspecified atom stereocenters. The molecule has 0 radical (unpaired) electrons. The maximum atomic E-state index is 11.4. The quantitative estimate of drug-likeness (QED) is 0.429. The number of ether oxygens (including phenoxy) is 2. The minimum atomic E-state index is -0.168. The van der Waals surface area contributed by atoms with Crippen LogP contribution < -0.4 is 5.32 Å². The second-order valence-corrected chi connectivity index (χ2v) is 3.98. The molecule has 0 aliphatic heterocycles. The summed E-state index contributed by atoms with van der Waals surface area (Å²) in [5, 5.41) is 11.7. The van der Waals surface area contributed by atoms with E-state index in [0.717, 1.165) is 25.8 Å². The largest absolute Gasteiger partial charge is 0.468 e. The Kier molecular flexibility index (Phi) is 6.37. The number of methoxy groups -OCH3 is 1. The van der Waals surface area contributed by atoms with Gasteiger partial charge in [0.2, 0.25) is 0 Å². The van der Waals surface area contributed by atoms with E-state index in [9.17, 15) is 4.79 Å². The summed E-state index contributed by atoms with van der Waals surface area (Å²) in [5.74, 6) is 0.282. The molecule has 0 bridgehead atoms. The Hall–Kier alpha value is -0.650. The van der Waals surface area contributed by atoms with Gasteiger partial charge in [-0.05, 0) is 31.7 Å². The molecule has 0 spiro atoms. The molecule has 1 rings (SSSR count). The third-order valence-corrected chi connectivity index (χ3v) is 2.61. The van der Waals surface area contributed by atoms with Gasteiger partial charge >= 0.3 is 5.97 Å². The molecule has 1 fully saturated rings. The molecule has 0 aromatic rings. The fourth-order valence-corrected chi connectivity index (χ4v) is 1.60. The molecule has 0 saturated heterocycles. The highest BCUT2D eigenvalue weighted by atomic mass is 16.5. The monoisotopic (exact) mass is 231 g/mol. The van der Waals surface area contributed by atoms with E-state index >= 15 is 0 Å². The van der Waals surface area contributed by atoms with Crippen LogP contribution in [-0.4, -0.2) is 50.6 Å². The molecule has 1 atom stereocenters. The lowest BCUT2D eigenvalue weighted by Crippen LogP contribution is -2.40. The number of esters is 1. The molecule has 5 heteroatoms. The lowest BCUT2D eigenvalue weighted by Gasteiger charge is -2.15. The van der Waals surface area contributed by atoms with E-state index in [2.05, 4.69) is 5.32 Å². The summed E-state index contributed by atoms with van der Waals surface area (Å²) in [6.07, 6.45) is 3.04. The van der Waals surface area contributed by atoms with Crippen LogP contribution in [0.15, 0.2) is 0 Å². The van der Waals surface area contributed by atoms with Gasteiger partial charge in [-0.1, -0.05) is 0 Å². The number of aliphatic hydroxyl groups excluding tert-OH is 1. The first kappa shape index (κ1) is 13.4. The molecule has 1 saturated carbocycles. The van der Waals surface area contributed by atoms with E-state index in [0.29, 0.717) is 19.1 Å². The molecule has 5 nitrogen and oxygen atoms in total. The van der Waals surface area contributed by atoms with Crippen LogP contribution in [0.25, 0.3) is 0 Å².